The Hall–Kier alpha value is -1.16. The number of nitrogens with one attached hydrogen (secondary N) is 1. The lowest BCUT2D eigenvalue weighted by molar-refractivity contribution is -0.167. The molecule has 0 atom stereocenters. The van der Waals surface area contributed by atoms with Crippen LogP contribution in [-0.2, 0) is 4.79 Å². The van der Waals surface area contributed by atoms with E-state index in [2.05, 4.69) is 20.9 Å². The Bertz CT molecular complexity index is 445. The molecule has 0 bridgehead atoms. The molecule has 0 fully saturated rings. The van der Waals surface area contributed by atoms with E-state index in [-0.39, 0.29) is 3.92 Å². The van der Waals surface area contributed by atoms with Crippen molar-refractivity contribution in [1.82, 2.24) is 4.98 Å². The number of carbonyl (C=O) groups excluding carboxylic acids is 1. The van der Waals surface area contributed by atoms with E-state index in [1.54, 1.807) is 0 Å². The molecule has 0 aliphatic carbocycles. The molecule has 1 aromatic heterocycles. The first-order chi connectivity index (χ1) is 7.21. The molecule has 0 radical (unpaired) electrons. The summed E-state index contributed by atoms with van der Waals surface area (Å²) in [6.45, 7) is 0. The molecule has 2 N–H and O–H groups in total. The van der Waals surface area contributed by atoms with Gasteiger partial charge in [-0.15, -0.1) is 0 Å². The molecular weight excluding hydrogens is 317 g/mol. The summed E-state index contributed by atoms with van der Waals surface area (Å²) in [6, 6.07) is 0. The number of rotatable bonds is 2. The van der Waals surface area contributed by atoms with Gasteiger partial charge in [-0.3, -0.25) is 4.79 Å². The summed E-state index contributed by atoms with van der Waals surface area (Å²) in [5, 5.41) is 9.55. The zero-order valence-electron chi connectivity index (χ0n) is 7.13. The molecular formula is C6H2BrF3N2O3S. The average molecular weight is 319 g/mol. The molecule has 1 heterocycles. The van der Waals surface area contributed by atoms with Crippen molar-refractivity contribution in [3.8, 4) is 0 Å². The molecule has 0 aromatic carbocycles. The number of amides is 1. The Morgan fingerprint density at radius 2 is 2.00 bits per heavy atom. The molecule has 16 heavy (non-hydrogen) atoms. The lowest BCUT2D eigenvalue weighted by atomic mass is 10.4. The van der Waals surface area contributed by atoms with Gasteiger partial charge in [0.2, 0.25) is 0 Å². The van der Waals surface area contributed by atoms with Crippen molar-refractivity contribution in [3.05, 3.63) is 9.61 Å². The number of carboxylic acids is 1. The van der Waals surface area contributed by atoms with Crippen LogP contribution >= 0.6 is 27.3 Å². The summed E-state index contributed by atoms with van der Waals surface area (Å²) >= 11 is 3.38. The topological polar surface area (TPSA) is 79.3 Å². The number of carboxylic acid groups (broad SMARTS) is 1. The third-order valence-electron chi connectivity index (χ3n) is 1.29. The number of aromatic nitrogens is 1. The molecule has 0 saturated heterocycles. The summed E-state index contributed by atoms with van der Waals surface area (Å²) in [5.41, 5.74) is -0.644. The Labute approximate surface area is 98.4 Å². The van der Waals surface area contributed by atoms with Crippen LogP contribution in [-0.4, -0.2) is 28.1 Å². The van der Waals surface area contributed by atoms with Gasteiger partial charge in [0, 0.05) is 0 Å². The molecule has 0 spiro atoms. The number of nitrogens with zero attached hydrogens (tertiary/aromatic N) is 1. The third kappa shape index (κ3) is 2.92. The molecule has 88 valence electrons. The van der Waals surface area contributed by atoms with Crippen molar-refractivity contribution < 1.29 is 27.9 Å². The van der Waals surface area contributed by atoms with Crippen molar-refractivity contribution >= 4 is 44.1 Å². The van der Waals surface area contributed by atoms with Gasteiger partial charge in [-0.2, -0.15) is 13.2 Å². The fourth-order valence-electron chi connectivity index (χ4n) is 0.698. The maximum Gasteiger partial charge on any atom is 0.471 e. The summed E-state index contributed by atoms with van der Waals surface area (Å²) in [7, 11) is 0. The van der Waals surface area contributed by atoms with Crippen LogP contribution in [0.5, 0.6) is 0 Å². The Balaban J connectivity index is 2.98. The minimum Gasteiger partial charge on any atom is -0.476 e. The minimum atomic E-state index is -5.08. The maximum absolute atomic E-state index is 11.9. The fraction of sp³-hybridized carbons (Fsp3) is 0.167. The van der Waals surface area contributed by atoms with Gasteiger partial charge in [-0.1, -0.05) is 11.3 Å². The standard InChI is InChI=1S/C6H2BrF3N2O3S/c7-5-11-1(3(13)14)2(16-5)12-4(15)6(8,9)10/h(H,12,15)(H,13,14). The number of alkyl halides is 3. The van der Waals surface area contributed by atoms with Crippen molar-refractivity contribution in [2.45, 2.75) is 6.18 Å². The highest BCUT2D eigenvalue weighted by atomic mass is 79.9. The third-order valence-corrected chi connectivity index (χ3v) is 2.71. The number of hydrogen-bond donors (Lipinski definition) is 2. The number of thiazole rings is 1. The van der Waals surface area contributed by atoms with Crippen molar-refractivity contribution in [3.63, 3.8) is 0 Å². The van der Waals surface area contributed by atoms with E-state index in [0.717, 1.165) is 0 Å². The molecule has 0 unspecified atom stereocenters. The van der Waals surface area contributed by atoms with E-state index in [1.165, 1.54) is 5.32 Å². The minimum absolute atomic E-state index is 0.0578. The molecule has 1 rings (SSSR count). The average Bonchev–Trinajstić information content (AvgIpc) is 2.45. The fourth-order valence-corrected chi connectivity index (χ4v) is 2.04. The zero-order chi connectivity index (χ0) is 12.5. The first kappa shape index (κ1) is 12.9. The van der Waals surface area contributed by atoms with Crippen LogP contribution < -0.4 is 5.32 Å². The van der Waals surface area contributed by atoms with E-state index in [4.69, 9.17) is 5.11 Å². The van der Waals surface area contributed by atoms with Gasteiger partial charge in [0.1, 0.15) is 5.00 Å². The number of halogens is 4. The van der Waals surface area contributed by atoms with Crippen molar-refractivity contribution in [2.75, 3.05) is 5.32 Å². The smallest absolute Gasteiger partial charge is 0.471 e. The van der Waals surface area contributed by atoms with Gasteiger partial charge < -0.3 is 10.4 Å². The second-order valence-corrected chi connectivity index (χ2v) is 4.68. The van der Waals surface area contributed by atoms with Crippen LogP contribution in [0, 0.1) is 0 Å². The van der Waals surface area contributed by atoms with Gasteiger partial charge in [-0.05, 0) is 15.9 Å². The largest absolute Gasteiger partial charge is 0.476 e. The highest BCUT2D eigenvalue weighted by Gasteiger charge is 2.39. The van der Waals surface area contributed by atoms with Crippen LogP contribution in [0.3, 0.4) is 0 Å². The molecule has 1 amide bonds. The lowest BCUT2D eigenvalue weighted by Crippen LogP contribution is -2.30. The van der Waals surface area contributed by atoms with Crippen molar-refractivity contribution in [1.29, 1.82) is 0 Å². The molecule has 0 saturated carbocycles. The first-order valence-corrected chi connectivity index (χ1v) is 5.10. The van der Waals surface area contributed by atoms with Crippen LogP contribution in [0.4, 0.5) is 18.2 Å². The van der Waals surface area contributed by atoms with Crippen molar-refractivity contribution in [2.24, 2.45) is 0 Å². The molecule has 0 aliphatic heterocycles. The molecule has 0 aliphatic rings. The Kier molecular flexibility index (Phi) is 3.53. The number of hydrogen-bond acceptors (Lipinski definition) is 4. The Morgan fingerprint density at radius 3 is 2.44 bits per heavy atom. The zero-order valence-corrected chi connectivity index (χ0v) is 9.53. The maximum atomic E-state index is 11.9. The summed E-state index contributed by atoms with van der Waals surface area (Å²) in [4.78, 5) is 24.5. The Morgan fingerprint density at radius 1 is 1.44 bits per heavy atom. The molecule has 10 heteroatoms. The predicted molar refractivity (Wildman–Crippen MR) is 51.5 cm³/mol. The van der Waals surface area contributed by atoms with E-state index in [1.807, 2.05) is 0 Å². The highest BCUT2D eigenvalue weighted by molar-refractivity contribution is 9.11. The number of anilines is 1. The molecule has 5 nitrogen and oxygen atoms in total. The summed E-state index contributed by atoms with van der Waals surface area (Å²) in [5.74, 6) is -3.77. The van der Waals surface area contributed by atoms with Gasteiger partial charge in [0.05, 0.1) is 0 Å². The van der Waals surface area contributed by atoms with Gasteiger partial charge in [0.15, 0.2) is 9.61 Å². The normalized spacial score (nSPS) is 11.2. The number of aromatic carboxylic acids is 1. The van der Waals surface area contributed by atoms with Crippen LogP contribution in [0.2, 0.25) is 0 Å². The van der Waals surface area contributed by atoms with Gasteiger partial charge in [-0.25, -0.2) is 9.78 Å². The van der Waals surface area contributed by atoms with E-state index in [9.17, 15) is 22.8 Å². The SMILES string of the molecule is O=C(O)c1nc(Br)sc1NC(=O)C(F)(F)F. The lowest BCUT2D eigenvalue weighted by Gasteiger charge is -2.05. The van der Waals surface area contributed by atoms with Crippen LogP contribution in [0.15, 0.2) is 3.92 Å². The second kappa shape index (κ2) is 4.37. The van der Waals surface area contributed by atoms with E-state index < -0.39 is 28.7 Å². The monoisotopic (exact) mass is 318 g/mol. The van der Waals surface area contributed by atoms with E-state index >= 15 is 0 Å². The highest BCUT2D eigenvalue weighted by Crippen LogP contribution is 2.30. The van der Waals surface area contributed by atoms with Gasteiger partial charge >= 0.3 is 18.1 Å². The summed E-state index contributed by atoms with van der Waals surface area (Å²) in [6.07, 6.45) is -5.08. The summed E-state index contributed by atoms with van der Waals surface area (Å²) < 4.78 is 35.7. The number of carbonyl (C=O) groups is 2. The quantitative estimate of drug-likeness (QED) is 0.875. The molecule has 1 aromatic rings. The van der Waals surface area contributed by atoms with E-state index in [0.29, 0.717) is 11.3 Å². The van der Waals surface area contributed by atoms with Crippen LogP contribution in [0.1, 0.15) is 10.5 Å². The van der Waals surface area contributed by atoms with Crippen LogP contribution in [0.25, 0.3) is 0 Å². The first-order valence-electron chi connectivity index (χ1n) is 3.49. The second-order valence-electron chi connectivity index (χ2n) is 2.40. The predicted octanol–water partition coefficient (Wildman–Crippen LogP) is 2.10. The van der Waals surface area contributed by atoms with Gasteiger partial charge in [0.25, 0.3) is 0 Å².